The monoisotopic (exact) mass is 436 g/mol. The van der Waals surface area contributed by atoms with Crippen molar-refractivity contribution in [1.82, 2.24) is 0 Å². The first-order valence-electron chi connectivity index (χ1n) is 13.4. The third-order valence-corrected chi connectivity index (χ3v) is 10.4. The predicted octanol–water partition coefficient (Wildman–Crippen LogP) is 7.66. The van der Waals surface area contributed by atoms with Gasteiger partial charge in [-0.1, -0.05) is 62.1 Å². The van der Waals surface area contributed by atoms with Crippen LogP contribution >= 0.6 is 0 Å². The Morgan fingerprint density at radius 1 is 1.25 bits per heavy atom. The van der Waals surface area contributed by atoms with Crippen molar-refractivity contribution < 1.29 is 9.53 Å². The zero-order chi connectivity index (χ0) is 22.8. The van der Waals surface area contributed by atoms with Gasteiger partial charge in [-0.2, -0.15) is 0 Å². The smallest absolute Gasteiger partial charge is 0.313 e. The molecule has 2 nitrogen and oxygen atoms in total. The zero-order valence-electron chi connectivity index (χ0n) is 21.2. The van der Waals surface area contributed by atoms with Gasteiger partial charge in [0.25, 0.3) is 0 Å². The minimum atomic E-state index is -0.311. The minimum Gasteiger partial charge on any atom is -0.461 e. The summed E-state index contributed by atoms with van der Waals surface area (Å²) in [5.41, 5.74) is 4.52. The Bertz CT molecular complexity index is 873. The van der Waals surface area contributed by atoms with Gasteiger partial charge < -0.3 is 4.74 Å². The van der Waals surface area contributed by atoms with E-state index in [1.54, 1.807) is 5.57 Å². The van der Waals surface area contributed by atoms with E-state index in [0.717, 1.165) is 19.3 Å². The van der Waals surface area contributed by atoms with Crippen LogP contribution in [0, 0.1) is 46.3 Å². The van der Waals surface area contributed by atoms with Crippen molar-refractivity contribution in [2.75, 3.05) is 0 Å². The maximum Gasteiger partial charge on any atom is 0.313 e. The fraction of sp³-hybridized carbons (Fsp3) is 0.767. The Balaban J connectivity index is 1.51. The molecule has 0 N–H and O–H groups in total. The quantitative estimate of drug-likeness (QED) is 0.334. The Kier molecular flexibility index (Phi) is 5.54. The molecule has 5 aliphatic carbocycles. The van der Waals surface area contributed by atoms with Gasteiger partial charge in [-0.25, -0.2) is 0 Å². The first-order valence-corrected chi connectivity index (χ1v) is 13.4. The van der Waals surface area contributed by atoms with Crippen LogP contribution in [0.25, 0.3) is 0 Å². The van der Waals surface area contributed by atoms with E-state index >= 15 is 0 Å². The highest BCUT2D eigenvalue weighted by Gasteiger charge is 2.67. The second-order valence-corrected chi connectivity index (χ2v) is 12.8. The molecule has 2 heteroatoms. The van der Waals surface area contributed by atoms with Crippen molar-refractivity contribution in [2.24, 2.45) is 46.3 Å². The van der Waals surface area contributed by atoms with E-state index in [-0.39, 0.29) is 28.8 Å². The van der Waals surface area contributed by atoms with E-state index in [2.05, 4.69) is 59.8 Å². The number of hydrogen-bond acceptors (Lipinski definition) is 2. The molecule has 1 saturated heterocycles. The normalized spacial score (nSPS) is 45.5. The van der Waals surface area contributed by atoms with E-state index in [9.17, 15) is 4.79 Å². The van der Waals surface area contributed by atoms with E-state index in [1.165, 1.54) is 43.3 Å². The molecule has 9 unspecified atom stereocenters. The van der Waals surface area contributed by atoms with Crippen LogP contribution in [0.3, 0.4) is 0 Å². The Labute approximate surface area is 195 Å². The molecule has 1 spiro atoms. The van der Waals surface area contributed by atoms with Crippen molar-refractivity contribution in [2.45, 2.75) is 99.0 Å². The van der Waals surface area contributed by atoms with E-state index < -0.39 is 0 Å². The van der Waals surface area contributed by atoms with Gasteiger partial charge in [0, 0.05) is 5.92 Å². The van der Waals surface area contributed by atoms with Gasteiger partial charge >= 0.3 is 5.97 Å². The lowest BCUT2D eigenvalue weighted by Gasteiger charge is -2.55. The second kappa shape index (κ2) is 7.88. The molecule has 0 aromatic rings. The highest BCUT2D eigenvalue weighted by Crippen LogP contribution is 2.66. The first kappa shape index (κ1) is 22.5. The van der Waals surface area contributed by atoms with Gasteiger partial charge in [-0.05, 0) is 101 Å². The maximum atomic E-state index is 13.8. The highest BCUT2D eigenvalue weighted by molar-refractivity contribution is 5.82. The number of ether oxygens (including phenoxy) is 1. The third-order valence-electron chi connectivity index (χ3n) is 10.4. The van der Waals surface area contributed by atoms with Crippen molar-refractivity contribution in [3.8, 4) is 0 Å². The van der Waals surface area contributed by atoms with Crippen molar-refractivity contribution in [3.63, 3.8) is 0 Å². The molecule has 0 aromatic carbocycles. The molecule has 1 heterocycles. The van der Waals surface area contributed by atoms with Gasteiger partial charge in [-0.15, -0.1) is 0 Å². The Morgan fingerprint density at radius 3 is 2.75 bits per heavy atom. The van der Waals surface area contributed by atoms with Gasteiger partial charge in [0.15, 0.2) is 0 Å². The standard InChI is InChI=1S/C30H44O2/c1-18(2)9-7-10-19(3)23-14-22-16-30(25(23)13-21(22)5)26-15-24-20(4)11-8-12-29(24,6)17-27(26)32-28(30)31/h9,13,15,19-20,22-23,25-27H,7-8,10-12,14,16-17H2,1-6H3. The van der Waals surface area contributed by atoms with E-state index in [1.807, 2.05) is 0 Å². The number of rotatable bonds is 4. The summed E-state index contributed by atoms with van der Waals surface area (Å²) in [5, 5.41) is 0. The van der Waals surface area contributed by atoms with E-state index in [4.69, 9.17) is 4.74 Å². The first-order chi connectivity index (χ1) is 15.2. The summed E-state index contributed by atoms with van der Waals surface area (Å²) in [6, 6.07) is 0. The number of hydrogen-bond donors (Lipinski definition) is 0. The molecule has 6 rings (SSSR count). The molecule has 1 aliphatic heterocycles. The molecule has 176 valence electrons. The van der Waals surface area contributed by atoms with Gasteiger partial charge in [0.05, 0.1) is 5.41 Å². The zero-order valence-corrected chi connectivity index (χ0v) is 21.2. The van der Waals surface area contributed by atoms with Crippen LogP contribution in [0.1, 0.15) is 92.9 Å². The molecule has 3 fully saturated rings. The predicted molar refractivity (Wildman–Crippen MR) is 131 cm³/mol. The van der Waals surface area contributed by atoms with Crippen LogP contribution in [0.2, 0.25) is 0 Å². The molecule has 0 amide bonds. The second-order valence-electron chi connectivity index (χ2n) is 12.8. The van der Waals surface area contributed by atoms with Gasteiger partial charge in [-0.3, -0.25) is 4.79 Å². The molecule has 32 heavy (non-hydrogen) atoms. The third kappa shape index (κ3) is 3.30. The molecule has 2 saturated carbocycles. The lowest BCUT2D eigenvalue weighted by molar-refractivity contribution is -0.156. The number of carbonyl (C=O) groups is 1. The van der Waals surface area contributed by atoms with Crippen LogP contribution in [0.4, 0.5) is 0 Å². The lowest BCUT2D eigenvalue weighted by Crippen LogP contribution is -2.54. The number of esters is 1. The average Bonchev–Trinajstić information content (AvgIpc) is 2.97. The minimum absolute atomic E-state index is 0.0937. The van der Waals surface area contributed by atoms with Crippen LogP contribution in [0.15, 0.2) is 34.9 Å². The molecule has 6 aliphatic rings. The number of allylic oxidation sites excluding steroid dienone is 5. The highest BCUT2D eigenvalue weighted by atomic mass is 16.6. The summed E-state index contributed by atoms with van der Waals surface area (Å²) in [6.07, 6.45) is 17.2. The Morgan fingerprint density at radius 2 is 2.03 bits per heavy atom. The largest absolute Gasteiger partial charge is 0.461 e. The molecule has 2 bridgehead atoms. The topological polar surface area (TPSA) is 26.3 Å². The van der Waals surface area contributed by atoms with E-state index in [0.29, 0.717) is 29.6 Å². The summed E-state index contributed by atoms with van der Waals surface area (Å²) in [6.45, 7) is 14.0. The number of carbonyl (C=O) groups excluding carboxylic acids is 1. The molecular weight excluding hydrogens is 392 g/mol. The molecular formula is C30H44O2. The SMILES string of the molecule is CC(C)=CCCC(C)C1CC2CC3(C(=O)OC4CC5(C)CCCC(C)C5=CC43)C1C=C2C. The van der Waals surface area contributed by atoms with Crippen molar-refractivity contribution in [1.29, 1.82) is 0 Å². The van der Waals surface area contributed by atoms with Gasteiger partial charge in [0.1, 0.15) is 6.10 Å². The molecule has 9 atom stereocenters. The lowest BCUT2D eigenvalue weighted by atomic mass is 9.46. The fourth-order valence-electron chi connectivity index (χ4n) is 8.66. The average molecular weight is 437 g/mol. The summed E-state index contributed by atoms with van der Waals surface area (Å²) in [4.78, 5) is 13.8. The van der Waals surface area contributed by atoms with Crippen LogP contribution in [-0.2, 0) is 9.53 Å². The van der Waals surface area contributed by atoms with Crippen LogP contribution in [0.5, 0.6) is 0 Å². The fourth-order valence-corrected chi connectivity index (χ4v) is 8.66. The summed E-state index contributed by atoms with van der Waals surface area (Å²) >= 11 is 0. The molecule has 0 radical (unpaired) electrons. The van der Waals surface area contributed by atoms with Crippen LogP contribution in [-0.4, -0.2) is 12.1 Å². The summed E-state index contributed by atoms with van der Waals surface area (Å²) in [5.74, 6) is 3.21. The van der Waals surface area contributed by atoms with Crippen molar-refractivity contribution in [3.05, 3.63) is 34.9 Å². The Hall–Kier alpha value is -1.31. The number of fused-ring (bicyclic) bond motifs is 3. The van der Waals surface area contributed by atoms with Crippen molar-refractivity contribution >= 4 is 5.97 Å². The van der Waals surface area contributed by atoms with Crippen LogP contribution < -0.4 is 0 Å². The van der Waals surface area contributed by atoms with Gasteiger partial charge in [0.2, 0.25) is 0 Å². The molecule has 0 aromatic heterocycles. The summed E-state index contributed by atoms with van der Waals surface area (Å²) in [7, 11) is 0. The summed E-state index contributed by atoms with van der Waals surface area (Å²) < 4.78 is 6.31. The maximum absolute atomic E-state index is 13.8.